The van der Waals surface area contributed by atoms with Crippen molar-refractivity contribution in [3.8, 4) is 11.1 Å². The second-order valence-corrected chi connectivity index (χ2v) is 4.98. The Hall–Kier alpha value is -1.16. The normalized spacial score (nSPS) is 13.6. The molecule has 1 aliphatic heterocycles. The Kier molecular flexibility index (Phi) is 4.63. The van der Waals surface area contributed by atoms with Gasteiger partial charge in [-0.25, -0.2) is 8.78 Å². The van der Waals surface area contributed by atoms with Gasteiger partial charge >= 0.3 is 0 Å². The summed E-state index contributed by atoms with van der Waals surface area (Å²) in [4.78, 5) is 0. The third kappa shape index (κ3) is 2.53. The Morgan fingerprint density at radius 3 is 2.55 bits per heavy atom. The monoisotopic (exact) mass is 315 g/mol. The van der Waals surface area contributed by atoms with Crippen molar-refractivity contribution in [2.45, 2.75) is 13.0 Å². The highest BCUT2D eigenvalue weighted by Gasteiger charge is 2.20. The fourth-order valence-corrected chi connectivity index (χ4v) is 2.82. The molecule has 0 fully saturated rings. The van der Waals surface area contributed by atoms with E-state index < -0.39 is 0 Å². The van der Waals surface area contributed by atoms with E-state index in [4.69, 9.17) is 11.6 Å². The first-order valence-corrected chi connectivity index (χ1v) is 6.51. The molecule has 2 aromatic carbocycles. The second-order valence-electron chi connectivity index (χ2n) is 4.58. The van der Waals surface area contributed by atoms with Crippen LogP contribution in [0.5, 0.6) is 0 Å². The SMILES string of the molecule is Cl.Fc1ccc(-c2c(F)cccc2Cl)c2c1CCNC2. The summed E-state index contributed by atoms with van der Waals surface area (Å²) in [6.45, 7) is 1.27. The van der Waals surface area contributed by atoms with E-state index >= 15 is 0 Å². The number of hydrogen-bond acceptors (Lipinski definition) is 1. The summed E-state index contributed by atoms with van der Waals surface area (Å²) in [6.07, 6.45) is 0.612. The van der Waals surface area contributed by atoms with Gasteiger partial charge in [-0.2, -0.15) is 0 Å². The van der Waals surface area contributed by atoms with Gasteiger partial charge in [0.05, 0.1) is 5.02 Å². The van der Waals surface area contributed by atoms with Crippen molar-refractivity contribution in [3.63, 3.8) is 0 Å². The number of fused-ring (bicyclic) bond motifs is 1. The van der Waals surface area contributed by atoms with E-state index in [0.717, 1.165) is 12.1 Å². The Labute approximate surface area is 127 Å². The molecule has 0 aromatic heterocycles. The molecular formula is C15H13Cl2F2N. The van der Waals surface area contributed by atoms with Gasteiger partial charge in [0.15, 0.2) is 0 Å². The zero-order valence-corrected chi connectivity index (χ0v) is 12.1. The Bertz CT molecular complexity index is 624. The standard InChI is InChI=1S/C15H12ClF2N.ClH/c16-12-2-1-3-14(18)15(12)10-4-5-13(17)9-6-7-19-8-11(9)10;/h1-5,19H,6-8H2;1H. The van der Waals surface area contributed by atoms with Crippen molar-refractivity contribution in [1.29, 1.82) is 0 Å². The van der Waals surface area contributed by atoms with E-state index in [1.807, 2.05) is 0 Å². The number of rotatable bonds is 1. The topological polar surface area (TPSA) is 12.0 Å². The van der Waals surface area contributed by atoms with Gasteiger partial charge < -0.3 is 5.32 Å². The van der Waals surface area contributed by atoms with Gasteiger partial charge in [-0.3, -0.25) is 0 Å². The van der Waals surface area contributed by atoms with Gasteiger partial charge in [-0.1, -0.05) is 23.7 Å². The minimum absolute atomic E-state index is 0. The van der Waals surface area contributed by atoms with E-state index in [2.05, 4.69) is 5.32 Å². The average Bonchev–Trinajstić information content (AvgIpc) is 2.41. The van der Waals surface area contributed by atoms with Crippen LogP contribution in [0.25, 0.3) is 11.1 Å². The van der Waals surface area contributed by atoms with Crippen LogP contribution in [0.2, 0.25) is 5.02 Å². The van der Waals surface area contributed by atoms with Crippen LogP contribution >= 0.6 is 24.0 Å². The minimum atomic E-state index is -0.383. The van der Waals surface area contributed by atoms with Crippen molar-refractivity contribution in [2.24, 2.45) is 0 Å². The molecule has 3 rings (SSSR count). The van der Waals surface area contributed by atoms with Gasteiger partial charge in [0.1, 0.15) is 11.6 Å². The molecule has 0 saturated heterocycles. The molecule has 0 atom stereocenters. The molecule has 1 heterocycles. The molecule has 0 unspecified atom stereocenters. The summed E-state index contributed by atoms with van der Waals surface area (Å²) >= 11 is 6.09. The van der Waals surface area contributed by atoms with E-state index in [-0.39, 0.29) is 24.0 Å². The smallest absolute Gasteiger partial charge is 0.132 e. The Balaban J connectivity index is 0.00000147. The number of halogens is 4. The van der Waals surface area contributed by atoms with Crippen LogP contribution < -0.4 is 5.32 Å². The predicted octanol–water partition coefficient (Wildman–Crippen LogP) is 4.35. The largest absolute Gasteiger partial charge is 0.312 e. The molecule has 2 aromatic rings. The highest BCUT2D eigenvalue weighted by Crippen LogP contribution is 2.35. The van der Waals surface area contributed by atoms with Crippen molar-refractivity contribution in [3.05, 3.63) is 58.1 Å². The first-order valence-electron chi connectivity index (χ1n) is 6.14. The summed E-state index contributed by atoms with van der Waals surface area (Å²) in [7, 11) is 0. The van der Waals surface area contributed by atoms with Crippen LogP contribution in [0.3, 0.4) is 0 Å². The van der Waals surface area contributed by atoms with Gasteiger partial charge in [-0.15, -0.1) is 12.4 Å². The number of nitrogens with one attached hydrogen (secondary N) is 1. The average molecular weight is 316 g/mol. The lowest BCUT2D eigenvalue weighted by Gasteiger charge is -2.22. The summed E-state index contributed by atoms with van der Waals surface area (Å²) in [5, 5.41) is 3.53. The Morgan fingerprint density at radius 2 is 1.80 bits per heavy atom. The maximum atomic E-state index is 14.0. The Morgan fingerprint density at radius 1 is 1.00 bits per heavy atom. The number of benzene rings is 2. The zero-order chi connectivity index (χ0) is 13.4. The van der Waals surface area contributed by atoms with Crippen LogP contribution in [0.4, 0.5) is 8.78 Å². The molecule has 0 aliphatic carbocycles. The van der Waals surface area contributed by atoms with Gasteiger partial charge in [0.25, 0.3) is 0 Å². The predicted molar refractivity (Wildman–Crippen MR) is 79.5 cm³/mol. The van der Waals surface area contributed by atoms with Crippen LogP contribution in [0.15, 0.2) is 30.3 Å². The summed E-state index contributed by atoms with van der Waals surface area (Å²) in [6, 6.07) is 7.57. The van der Waals surface area contributed by atoms with E-state index in [9.17, 15) is 8.78 Å². The first-order chi connectivity index (χ1) is 9.18. The molecule has 0 radical (unpaired) electrons. The number of hydrogen-bond donors (Lipinski definition) is 1. The molecule has 0 amide bonds. The molecular weight excluding hydrogens is 303 g/mol. The molecule has 1 nitrogen and oxygen atoms in total. The quantitative estimate of drug-likeness (QED) is 0.824. The fraction of sp³-hybridized carbons (Fsp3) is 0.200. The minimum Gasteiger partial charge on any atom is -0.312 e. The molecule has 0 spiro atoms. The summed E-state index contributed by atoms with van der Waals surface area (Å²) in [5.41, 5.74) is 2.49. The van der Waals surface area contributed by atoms with Crippen molar-refractivity contribution in [1.82, 2.24) is 5.32 Å². The highest BCUT2D eigenvalue weighted by atomic mass is 35.5. The summed E-state index contributed by atoms with van der Waals surface area (Å²) < 4.78 is 27.8. The molecule has 5 heteroatoms. The molecule has 1 aliphatic rings. The maximum absolute atomic E-state index is 14.0. The second kappa shape index (κ2) is 6.08. The van der Waals surface area contributed by atoms with Crippen LogP contribution in [-0.4, -0.2) is 6.54 Å². The molecule has 20 heavy (non-hydrogen) atoms. The van der Waals surface area contributed by atoms with Gasteiger partial charge in [0, 0.05) is 12.1 Å². The van der Waals surface area contributed by atoms with E-state index in [1.54, 1.807) is 18.2 Å². The molecule has 1 N–H and O–H groups in total. The lowest BCUT2D eigenvalue weighted by Crippen LogP contribution is -2.25. The lowest BCUT2D eigenvalue weighted by atomic mass is 9.91. The van der Waals surface area contributed by atoms with Crippen molar-refractivity contribution < 1.29 is 8.78 Å². The molecule has 0 bridgehead atoms. The van der Waals surface area contributed by atoms with Gasteiger partial charge in [-0.05, 0) is 47.9 Å². The van der Waals surface area contributed by atoms with Gasteiger partial charge in [0.2, 0.25) is 0 Å². The van der Waals surface area contributed by atoms with Crippen LogP contribution in [0.1, 0.15) is 11.1 Å². The lowest BCUT2D eigenvalue weighted by molar-refractivity contribution is 0.569. The van der Waals surface area contributed by atoms with Crippen molar-refractivity contribution in [2.75, 3.05) is 6.54 Å². The van der Waals surface area contributed by atoms with E-state index in [1.165, 1.54) is 12.1 Å². The first kappa shape index (κ1) is 15.2. The van der Waals surface area contributed by atoms with Crippen LogP contribution in [0, 0.1) is 11.6 Å². The molecule has 106 valence electrons. The zero-order valence-electron chi connectivity index (χ0n) is 10.6. The molecule has 0 saturated carbocycles. The van der Waals surface area contributed by atoms with Crippen molar-refractivity contribution >= 4 is 24.0 Å². The summed E-state index contributed by atoms with van der Waals surface area (Å²) in [5.74, 6) is -0.611. The van der Waals surface area contributed by atoms with E-state index in [0.29, 0.717) is 34.7 Å². The van der Waals surface area contributed by atoms with Crippen LogP contribution in [-0.2, 0) is 13.0 Å². The highest BCUT2D eigenvalue weighted by molar-refractivity contribution is 6.33. The third-order valence-electron chi connectivity index (χ3n) is 3.46. The fourth-order valence-electron chi connectivity index (χ4n) is 2.55. The maximum Gasteiger partial charge on any atom is 0.132 e. The third-order valence-corrected chi connectivity index (χ3v) is 3.77.